The molecule has 3 rings (SSSR count). The Balaban J connectivity index is 1.84. The number of aryl methyl sites for hydroxylation is 2. The number of amides is 1. The van der Waals surface area contributed by atoms with Crippen molar-refractivity contribution in [3.63, 3.8) is 0 Å². The fraction of sp³-hybridized carbons (Fsp3) is 0.333. The van der Waals surface area contributed by atoms with E-state index in [0.717, 1.165) is 28.2 Å². The molecule has 0 atom stereocenters. The Bertz CT molecular complexity index is 994. The zero-order valence-corrected chi connectivity index (χ0v) is 18.3. The first-order valence-corrected chi connectivity index (χ1v) is 10.4. The molecule has 1 heterocycles. The van der Waals surface area contributed by atoms with Crippen molar-refractivity contribution < 1.29 is 4.79 Å². The quantitative estimate of drug-likeness (QED) is 0.621. The Kier molecular flexibility index (Phi) is 5.71. The first-order chi connectivity index (χ1) is 13.2. The molecule has 0 spiro atoms. The smallest absolute Gasteiger partial charge is 0.251 e. The van der Waals surface area contributed by atoms with E-state index in [0.29, 0.717) is 5.56 Å². The van der Waals surface area contributed by atoms with Crippen molar-refractivity contribution in [2.75, 3.05) is 7.05 Å². The molecule has 0 unspecified atom stereocenters. The van der Waals surface area contributed by atoms with Crippen LogP contribution in [0.25, 0.3) is 10.4 Å². The average Bonchev–Trinajstić information content (AvgIpc) is 3.01. The predicted octanol–water partition coefficient (Wildman–Crippen LogP) is 5.67. The Morgan fingerprint density at radius 1 is 1.07 bits per heavy atom. The summed E-state index contributed by atoms with van der Waals surface area (Å²) in [6.45, 7) is 10.7. The van der Waals surface area contributed by atoms with Gasteiger partial charge < -0.3 is 5.32 Å². The third-order valence-electron chi connectivity index (χ3n) is 4.98. The minimum absolute atomic E-state index is 0.0514. The van der Waals surface area contributed by atoms with Crippen molar-refractivity contribution in [1.29, 1.82) is 0 Å². The lowest BCUT2D eigenvalue weighted by Crippen LogP contribution is -2.18. The Hall–Kier alpha value is -2.46. The molecule has 28 heavy (non-hydrogen) atoms. The number of hydrogen-bond acceptors (Lipinski definition) is 3. The highest BCUT2D eigenvalue weighted by Gasteiger charge is 2.15. The van der Waals surface area contributed by atoms with Crippen LogP contribution in [0.4, 0.5) is 0 Å². The molecule has 0 aliphatic rings. The van der Waals surface area contributed by atoms with Crippen LogP contribution in [0.1, 0.15) is 58.5 Å². The van der Waals surface area contributed by atoms with E-state index in [-0.39, 0.29) is 11.3 Å². The highest BCUT2D eigenvalue weighted by molar-refractivity contribution is 7.15. The van der Waals surface area contributed by atoms with Crippen LogP contribution in [0.2, 0.25) is 0 Å². The SMILES string of the molecule is CNC(=O)c1ccc(-c2sc(Cc3ccc(C(C)(C)C)cc3)nc2C)cc1C. The van der Waals surface area contributed by atoms with Gasteiger partial charge in [0.15, 0.2) is 0 Å². The molecule has 0 radical (unpaired) electrons. The highest BCUT2D eigenvalue weighted by atomic mass is 32.1. The third-order valence-corrected chi connectivity index (χ3v) is 6.18. The van der Waals surface area contributed by atoms with Gasteiger partial charge in [-0.1, -0.05) is 51.1 Å². The third kappa shape index (κ3) is 4.33. The molecule has 1 N–H and O–H groups in total. The first-order valence-electron chi connectivity index (χ1n) is 9.58. The molecule has 146 valence electrons. The fourth-order valence-corrected chi connectivity index (χ4v) is 4.38. The molecule has 4 heteroatoms. The maximum absolute atomic E-state index is 11.9. The lowest BCUT2D eigenvalue weighted by molar-refractivity contribution is 0.0962. The molecule has 0 aliphatic heterocycles. The van der Waals surface area contributed by atoms with E-state index in [1.54, 1.807) is 18.4 Å². The standard InChI is InChI=1S/C24H28N2OS/c1-15-13-18(9-12-20(15)23(27)25-6)22-16(2)26-21(28-22)14-17-7-10-19(11-8-17)24(3,4)5/h7-13H,14H2,1-6H3,(H,25,27). The molecule has 0 bridgehead atoms. The molecule has 3 aromatic rings. The van der Waals surface area contributed by atoms with Crippen LogP contribution >= 0.6 is 11.3 Å². The second kappa shape index (κ2) is 7.88. The largest absolute Gasteiger partial charge is 0.355 e. The van der Waals surface area contributed by atoms with Crippen molar-refractivity contribution in [1.82, 2.24) is 10.3 Å². The summed E-state index contributed by atoms with van der Waals surface area (Å²) in [6.07, 6.45) is 0.839. The summed E-state index contributed by atoms with van der Waals surface area (Å²) in [4.78, 5) is 17.9. The molecule has 1 amide bonds. The summed E-state index contributed by atoms with van der Waals surface area (Å²) in [5.74, 6) is -0.0514. The summed E-state index contributed by atoms with van der Waals surface area (Å²) in [6, 6.07) is 14.8. The summed E-state index contributed by atoms with van der Waals surface area (Å²) in [7, 11) is 1.66. The monoisotopic (exact) mass is 392 g/mol. The molecule has 0 fully saturated rings. The Morgan fingerprint density at radius 3 is 2.32 bits per heavy atom. The van der Waals surface area contributed by atoms with E-state index >= 15 is 0 Å². The second-order valence-corrected chi connectivity index (χ2v) is 9.34. The highest BCUT2D eigenvalue weighted by Crippen LogP contribution is 2.32. The molecular formula is C24H28N2OS. The van der Waals surface area contributed by atoms with Crippen molar-refractivity contribution in [3.8, 4) is 10.4 Å². The summed E-state index contributed by atoms with van der Waals surface area (Å²) in [5.41, 5.74) is 6.64. The zero-order valence-electron chi connectivity index (χ0n) is 17.5. The molecule has 0 aliphatic carbocycles. The maximum Gasteiger partial charge on any atom is 0.251 e. The van der Waals surface area contributed by atoms with E-state index < -0.39 is 0 Å². The van der Waals surface area contributed by atoms with E-state index in [1.807, 2.05) is 19.1 Å². The number of nitrogens with one attached hydrogen (secondary N) is 1. The van der Waals surface area contributed by atoms with E-state index in [4.69, 9.17) is 4.98 Å². The number of carbonyl (C=O) groups excluding carboxylic acids is 1. The second-order valence-electron chi connectivity index (χ2n) is 8.25. The molecule has 1 aromatic heterocycles. The minimum atomic E-state index is -0.0514. The number of benzene rings is 2. The lowest BCUT2D eigenvalue weighted by atomic mass is 9.86. The number of nitrogens with zero attached hydrogens (tertiary/aromatic N) is 1. The fourth-order valence-electron chi connectivity index (χ4n) is 3.29. The predicted molar refractivity (Wildman–Crippen MR) is 118 cm³/mol. The van der Waals surface area contributed by atoms with Crippen molar-refractivity contribution in [3.05, 3.63) is 75.4 Å². The number of rotatable bonds is 4. The van der Waals surface area contributed by atoms with E-state index in [2.05, 4.69) is 63.3 Å². The van der Waals surface area contributed by atoms with Crippen molar-refractivity contribution in [2.45, 2.75) is 46.5 Å². The van der Waals surface area contributed by atoms with Gasteiger partial charge in [-0.15, -0.1) is 11.3 Å². The lowest BCUT2D eigenvalue weighted by Gasteiger charge is -2.19. The Labute approximate surface area is 171 Å². The van der Waals surface area contributed by atoms with Gasteiger partial charge in [-0.05, 0) is 53.6 Å². The number of thiazole rings is 1. The van der Waals surface area contributed by atoms with Crippen LogP contribution in [0.3, 0.4) is 0 Å². The summed E-state index contributed by atoms with van der Waals surface area (Å²) >= 11 is 1.73. The van der Waals surface area contributed by atoms with Gasteiger partial charge in [0.2, 0.25) is 0 Å². The molecule has 0 saturated heterocycles. The minimum Gasteiger partial charge on any atom is -0.355 e. The van der Waals surface area contributed by atoms with Gasteiger partial charge in [-0.2, -0.15) is 0 Å². The molecular weight excluding hydrogens is 364 g/mol. The summed E-state index contributed by atoms with van der Waals surface area (Å²) < 4.78 is 0. The first kappa shape index (κ1) is 20.3. The van der Waals surface area contributed by atoms with Gasteiger partial charge in [-0.3, -0.25) is 4.79 Å². The van der Waals surface area contributed by atoms with Gasteiger partial charge in [0, 0.05) is 19.0 Å². The number of carbonyl (C=O) groups is 1. The topological polar surface area (TPSA) is 42.0 Å². The molecule has 2 aromatic carbocycles. The number of hydrogen-bond donors (Lipinski definition) is 1. The van der Waals surface area contributed by atoms with E-state index in [1.165, 1.54) is 16.0 Å². The van der Waals surface area contributed by atoms with Gasteiger partial charge in [-0.25, -0.2) is 4.98 Å². The van der Waals surface area contributed by atoms with Crippen LogP contribution in [-0.4, -0.2) is 17.9 Å². The Morgan fingerprint density at radius 2 is 1.75 bits per heavy atom. The van der Waals surface area contributed by atoms with Crippen LogP contribution < -0.4 is 5.32 Å². The zero-order chi connectivity index (χ0) is 20.5. The van der Waals surface area contributed by atoms with Crippen molar-refractivity contribution in [2.24, 2.45) is 0 Å². The summed E-state index contributed by atoms with van der Waals surface area (Å²) in [5, 5.41) is 3.80. The average molecular weight is 393 g/mol. The van der Waals surface area contributed by atoms with Crippen molar-refractivity contribution >= 4 is 17.2 Å². The van der Waals surface area contributed by atoms with Crippen LogP contribution in [0, 0.1) is 13.8 Å². The molecule has 0 saturated carbocycles. The van der Waals surface area contributed by atoms with E-state index in [9.17, 15) is 4.79 Å². The van der Waals surface area contributed by atoms with Gasteiger partial charge >= 0.3 is 0 Å². The maximum atomic E-state index is 11.9. The van der Waals surface area contributed by atoms with Gasteiger partial charge in [0.05, 0.1) is 15.6 Å². The van der Waals surface area contributed by atoms with Gasteiger partial charge in [0.1, 0.15) is 0 Å². The normalized spacial score (nSPS) is 11.5. The molecule has 3 nitrogen and oxygen atoms in total. The van der Waals surface area contributed by atoms with Crippen LogP contribution in [0.5, 0.6) is 0 Å². The van der Waals surface area contributed by atoms with Crippen LogP contribution in [-0.2, 0) is 11.8 Å². The van der Waals surface area contributed by atoms with Crippen LogP contribution in [0.15, 0.2) is 42.5 Å². The van der Waals surface area contributed by atoms with Gasteiger partial charge in [0.25, 0.3) is 5.91 Å². The number of aromatic nitrogens is 1.